The maximum atomic E-state index is 7.92. The van der Waals surface area contributed by atoms with Gasteiger partial charge in [0, 0.05) is 4.90 Å². The molecular formula is C9H12O3S. The zero-order valence-electron chi connectivity index (χ0n) is 7.40. The molecule has 0 fully saturated rings. The highest BCUT2D eigenvalue weighted by Gasteiger charge is 1.95. The molecule has 0 atom stereocenters. The van der Waals surface area contributed by atoms with Crippen LogP contribution in [-0.2, 0) is 15.8 Å². The molecule has 72 valence electrons. The minimum Gasteiger partial charge on any atom is -0.220 e. The van der Waals surface area contributed by atoms with Gasteiger partial charge in [0.15, 0.2) is 0 Å². The molecule has 1 aromatic rings. The van der Waals surface area contributed by atoms with Crippen molar-refractivity contribution in [1.82, 2.24) is 0 Å². The lowest BCUT2D eigenvalue weighted by Crippen LogP contribution is -1.83. The minimum atomic E-state index is 0.897. The fraction of sp³-hybridized carbons (Fsp3) is 0.333. The van der Waals surface area contributed by atoms with Crippen molar-refractivity contribution in [2.45, 2.75) is 24.7 Å². The van der Waals surface area contributed by atoms with E-state index in [-0.39, 0.29) is 0 Å². The molecule has 0 bridgehead atoms. The van der Waals surface area contributed by atoms with Crippen molar-refractivity contribution < 1.29 is 14.6 Å². The molecule has 0 saturated heterocycles. The van der Waals surface area contributed by atoms with Crippen LogP contribution in [0.15, 0.2) is 29.2 Å². The topological polar surface area (TPSA) is 38.7 Å². The van der Waals surface area contributed by atoms with E-state index in [1.807, 2.05) is 24.3 Å². The summed E-state index contributed by atoms with van der Waals surface area (Å²) in [5.74, 6) is 0. The van der Waals surface area contributed by atoms with E-state index >= 15 is 0 Å². The fourth-order valence-corrected chi connectivity index (χ4v) is 1.41. The molecule has 4 heteroatoms. The molecule has 0 aliphatic rings. The van der Waals surface area contributed by atoms with Crippen LogP contribution >= 0.6 is 12.0 Å². The van der Waals surface area contributed by atoms with Gasteiger partial charge in [-0.3, -0.25) is 0 Å². The normalized spacial score (nSPS) is 10.3. The van der Waals surface area contributed by atoms with E-state index < -0.39 is 0 Å². The van der Waals surface area contributed by atoms with Crippen molar-refractivity contribution in [1.29, 1.82) is 0 Å². The SMILES string of the molecule is CCCc1ccc(SOOO)cc1. The third kappa shape index (κ3) is 3.78. The summed E-state index contributed by atoms with van der Waals surface area (Å²) in [4.78, 5) is 0.897. The van der Waals surface area contributed by atoms with E-state index in [2.05, 4.69) is 16.3 Å². The van der Waals surface area contributed by atoms with Crippen molar-refractivity contribution in [3.05, 3.63) is 29.8 Å². The van der Waals surface area contributed by atoms with Crippen molar-refractivity contribution in [2.24, 2.45) is 0 Å². The van der Waals surface area contributed by atoms with Gasteiger partial charge in [0.1, 0.15) is 0 Å². The fourth-order valence-electron chi connectivity index (χ4n) is 1.05. The summed E-state index contributed by atoms with van der Waals surface area (Å²) in [5.41, 5.74) is 1.30. The molecule has 0 spiro atoms. The number of hydrogen-bond donors (Lipinski definition) is 1. The van der Waals surface area contributed by atoms with Crippen LogP contribution in [0.4, 0.5) is 0 Å². The van der Waals surface area contributed by atoms with Gasteiger partial charge in [0.25, 0.3) is 0 Å². The van der Waals surface area contributed by atoms with Gasteiger partial charge in [0.05, 0.1) is 12.0 Å². The number of hydrogen-bond acceptors (Lipinski definition) is 4. The monoisotopic (exact) mass is 200 g/mol. The average Bonchev–Trinajstić information content (AvgIpc) is 2.17. The Morgan fingerprint density at radius 1 is 1.31 bits per heavy atom. The van der Waals surface area contributed by atoms with Gasteiger partial charge in [0.2, 0.25) is 0 Å². The molecule has 0 heterocycles. The Balaban J connectivity index is 2.48. The largest absolute Gasteiger partial charge is 0.220 e. The van der Waals surface area contributed by atoms with E-state index in [1.54, 1.807) is 0 Å². The van der Waals surface area contributed by atoms with E-state index in [1.165, 1.54) is 5.56 Å². The van der Waals surface area contributed by atoms with Crippen LogP contribution in [0, 0.1) is 0 Å². The Hall–Kier alpha value is -0.550. The van der Waals surface area contributed by atoms with Crippen LogP contribution in [-0.4, -0.2) is 5.26 Å². The van der Waals surface area contributed by atoms with E-state index in [0.29, 0.717) is 0 Å². The molecule has 0 saturated carbocycles. The first kappa shape index (κ1) is 10.5. The van der Waals surface area contributed by atoms with Gasteiger partial charge in [-0.2, -0.15) is 0 Å². The first-order valence-electron chi connectivity index (χ1n) is 4.10. The predicted molar refractivity (Wildman–Crippen MR) is 51.1 cm³/mol. The van der Waals surface area contributed by atoms with Gasteiger partial charge in [-0.05, 0) is 24.1 Å². The zero-order valence-corrected chi connectivity index (χ0v) is 8.21. The number of aryl methyl sites for hydroxylation is 1. The van der Waals surface area contributed by atoms with E-state index in [4.69, 9.17) is 5.26 Å². The van der Waals surface area contributed by atoms with Gasteiger partial charge in [-0.15, -0.1) is 4.33 Å². The maximum absolute atomic E-state index is 7.92. The van der Waals surface area contributed by atoms with Crippen LogP contribution in [0.25, 0.3) is 0 Å². The summed E-state index contributed by atoms with van der Waals surface area (Å²) < 4.78 is 4.29. The molecule has 0 aliphatic heterocycles. The van der Waals surface area contributed by atoms with Crippen molar-refractivity contribution in [2.75, 3.05) is 0 Å². The highest BCUT2D eigenvalue weighted by molar-refractivity contribution is 7.94. The van der Waals surface area contributed by atoms with Crippen LogP contribution in [0.5, 0.6) is 0 Å². The summed E-state index contributed by atoms with van der Waals surface area (Å²) >= 11 is 0.975. The quantitative estimate of drug-likeness (QED) is 0.450. The highest BCUT2D eigenvalue weighted by atomic mass is 32.2. The third-order valence-corrected chi connectivity index (χ3v) is 2.22. The van der Waals surface area contributed by atoms with E-state index in [9.17, 15) is 0 Å². The second kappa shape index (κ2) is 5.99. The zero-order chi connectivity index (χ0) is 9.52. The summed E-state index contributed by atoms with van der Waals surface area (Å²) in [6, 6.07) is 7.92. The Morgan fingerprint density at radius 3 is 2.54 bits per heavy atom. The first-order valence-corrected chi connectivity index (χ1v) is 4.84. The van der Waals surface area contributed by atoms with Gasteiger partial charge in [-0.25, -0.2) is 5.26 Å². The Morgan fingerprint density at radius 2 is 2.00 bits per heavy atom. The van der Waals surface area contributed by atoms with E-state index in [0.717, 1.165) is 29.8 Å². The molecule has 1 aromatic carbocycles. The molecule has 1 N–H and O–H groups in total. The lowest BCUT2D eigenvalue weighted by molar-refractivity contribution is -0.432. The van der Waals surface area contributed by atoms with Gasteiger partial charge in [-0.1, -0.05) is 30.5 Å². The van der Waals surface area contributed by atoms with Crippen LogP contribution in [0.1, 0.15) is 18.9 Å². The molecule has 1 rings (SSSR count). The molecule has 0 unspecified atom stereocenters. The van der Waals surface area contributed by atoms with Crippen LogP contribution < -0.4 is 0 Å². The highest BCUT2D eigenvalue weighted by Crippen LogP contribution is 2.19. The smallest absolute Gasteiger partial charge is 0.0714 e. The van der Waals surface area contributed by atoms with Crippen LogP contribution in [0.2, 0.25) is 0 Å². The molecule has 3 nitrogen and oxygen atoms in total. The second-order valence-corrected chi connectivity index (χ2v) is 3.39. The minimum absolute atomic E-state index is 0.897. The Bertz CT molecular complexity index is 235. The Kier molecular flexibility index (Phi) is 4.85. The van der Waals surface area contributed by atoms with Crippen LogP contribution in [0.3, 0.4) is 0 Å². The first-order chi connectivity index (χ1) is 6.36. The molecule has 13 heavy (non-hydrogen) atoms. The second-order valence-electron chi connectivity index (χ2n) is 2.62. The van der Waals surface area contributed by atoms with Gasteiger partial charge >= 0.3 is 0 Å². The lowest BCUT2D eigenvalue weighted by Gasteiger charge is -2.00. The van der Waals surface area contributed by atoms with Crippen molar-refractivity contribution >= 4 is 12.0 Å². The molecular weight excluding hydrogens is 188 g/mol. The summed E-state index contributed by atoms with van der Waals surface area (Å²) in [6.45, 7) is 2.14. The molecule has 0 radical (unpaired) electrons. The number of benzene rings is 1. The third-order valence-electron chi connectivity index (χ3n) is 1.62. The van der Waals surface area contributed by atoms with Gasteiger partial charge < -0.3 is 0 Å². The molecule has 0 aliphatic carbocycles. The van der Waals surface area contributed by atoms with Crippen molar-refractivity contribution in [3.63, 3.8) is 0 Å². The standard InChI is InChI=1S/C9H12O3S/c1-2-3-8-4-6-9(7-5-8)13-12-11-10/h4-7,10H,2-3H2,1H3. The predicted octanol–water partition coefficient (Wildman–Crippen LogP) is 3.07. The maximum Gasteiger partial charge on any atom is 0.0714 e. The Labute approximate surface area is 81.7 Å². The molecule has 0 amide bonds. The summed E-state index contributed by atoms with van der Waals surface area (Å²) in [5, 5.41) is 11.4. The summed E-state index contributed by atoms with van der Waals surface area (Å²) in [7, 11) is 0. The molecule has 0 aromatic heterocycles. The lowest BCUT2D eigenvalue weighted by atomic mass is 10.1. The average molecular weight is 200 g/mol. The van der Waals surface area contributed by atoms with Crippen molar-refractivity contribution in [3.8, 4) is 0 Å². The number of rotatable bonds is 5. The summed E-state index contributed by atoms with van der Waals surface area (Å²) in [6.07, 6.45) is 2.23.